The number of hydrogen-bond acceptors (Lipinski definition) is 3. The molecule has 0 saturated carbocycles. The maximum atomic E-state index is 6.10. The van der Waals surface area contributed by atoms with E-state index >= 15 is 0 Å². The highest BCUT2D eigenvalue weighted by molar-refractivity contribution is 7.97. The minimum absolute atomic E-state index is 0.125. The Hall–Kier alpha value is -8.91. The third-order valence-electron chi connectivity index (χ3n) is 13.2. The van der Waals surface area contributed by atoms with Gasteiger partial charge < -0.3 is 14.2 Å². The summed E-state index contributed by atoms with van der Waals surface area (Å²) in [6.07, 6.45) is 0. The summed E-state index contributed by atoms with van der Waals surface area (Å²) in [4.78, 5) is 11.7. The van der Waals surface area contributed by atoms with Crippen molar-refractivity contribution in [1.82, 2.24) is 0 Å². The Labute approximate surface area is 500 Å². The van der Waals surface area contributed by atoms with Gasteiger partial charge in [0.15, 0.2) is 44.1 Å². The zero-order valence-electron chi connectivity index (χ0n) is 47.2. The highest BCUT2D eigenvalue weighted by atomic mass is 32.2. The van der Waals surface area contributed by atoms with Crippen molar-refractivity contribution in [2.24, 2.45) is 0 Å². The van der Waals surface area contributed by atoms with Gasteiger partial charge >= 0.3 is 0 Å². The Kier molecular flexibility index (Phi) is 19.8. The van der Waals surface area contributed by atoms with E-state index in [2.05, 4.69) is 295 Å². The molecule has 83 heavy (non-hydrogen) atoms. The molecule has 12 rings (SSSR count). The average molecular weight is 1140 g/mol. The number of aryl methyl sites for hydroxylation is 1. The Morgan fingerprint density at radius 2 is 0.386 bits per heavy atom. The van der Waals surface area contributed by atoms with E-state index in [1.54, 1.807) is 0 Å². The summed E-state index contributed by atoms with van der Waals surface area (Å²) >= 11 is 0. The van der Waals surface area contributed by atoms with Gasteiger partial charge in [0.1, 0.15) is 34.5 Å². The smallest absolute Gasteiger partial charge is 0.166 e. The lowest BCUT2D eigenvalue weighted by Crippen LogP contribution is -2.10. The highest BCUT2D eigenvalue weighted by Crippen LogP contribution is 2.37. The van der Waals surface area contributed by atoms with Crippen molar-refractivity contribution in [3.63, 3.8) is 0 Å². The van der Waals surface area contributed by atoms with Gasteiger partial charge in [-0.3, -0.25) is 0 Å². The van der Waals surface area contributed by atoms with E-state index in [1.807, 2.05) is 66.7 Å². The fourth-order valence-corrected chi connectivity index (χ4v) is 15.3. The summed E-state index contributed by atoms with van der Waals surface area (Å²) in [6.45, 7) is 8.74. The Morgan fingerprint density at radius 3 is 0.614 bits per heavy atom. The van der Waals surface area contributed by atoms with E-state index in [4.69, 9.17) is 14.2 Å². The molecule has 0 fully saturated rings. The van der Waals surface area contributed by atoms with E-state index in [9.17, 15) is 0 Å². The van der Waals surface area contributed by atoms with Gasteiger partial charge in [0, 0.05) is 0 Å². The number of para-hydroxylation sites is 1. The molecule has 12 aromatic carbocycles. The van der Waals surface area contributed by atoms with Crippen molar-refractivity contribution in [3.8, 4) is 34.5 Å². The first-order valence-electron chi connectivity index (χ1n) is 27.8. The fraction of sp³-hybridized carbons (Fsp3) is 0.0649. The molecule has 0 saturated heterocycles. The quantitative estimate of drug-likeness (QED) is 0.0958. The van der Waals surface area contributed by atoms with E-state index in [1.165, 1.54) is 55.2 Å². The molecule has 0 bridgehead atoms. The Balaban J connectivity index is 0.000000139. The largest absolute Gasteiger partial charge is 0.457 e. The van der Waals surface area contributed by atoms with Crippen LogP contribution >= 0.6 is 0 Å². The number of benzene rings is 12. The third kappa shape index (κ3) is 16.2. The summed E-state index contributed by atoms with van der Waals surface area (Å²) in [5.41, 5.74) is 2.68. The van der Waals surface area contributed by atoms with Gasteiger partial charge in [-0.05, 0) is 200 Å². The molecule has 0 N–H and O–H groups in total. The number of rotatable bonds is 15. The van der Waals surface area contributed by atoms with E-state index in [0.717, 1.165) is 34.5 Å². The molecule has 12 aromatic rings. The number of hydrogen-bond donors (Lipinski definition) is 0. The Morgan fingerprint density at radius 1 is 0.205 bits per heavy atom. The van der Waals surface area contributed by atoms with Gasteiger partial charge in [-0.2, -0.15) is 0 Å². The van der Waals surface area contributed by atoms with Crippen molar-refractivity contribution in [2.45, 2.75) is 77.2 Å². The lowest BCUT2D eigenvalue weighted by Gasteiger charge is -2.19. The van der Waals surface area contributed by atoms with Crippen LogP contribution in [-0.2, 0) is 38.1 Å². The Bertz CT molecular complexity index is 3680. The van der Waals surface area contributed by atoms with Gasteiger partial charge in [0.25, 0.3) is 0 Å². The summed E-state index contributed by atoms with van der Waals surface area (Å²) in [5, 5.41) is 0. The molecule has 3 nitrogen and oxygen atoms in total. The minimum Gasteiger partial charge on any atom is -0.457 e. The molecular weight excluding hydrogens is 1070 g/mol. The normalized spacial score (nSPS) is 11.0. The first-order chi connectivity index (χ1) is 40.7. The third-order valence-corrected chi connectivity index (χ3v) is 19.9. The highest BCUT2D eigenvalue weighted by Gasteiger charge is 2.31. The zero-order valence-corrected chi connectivity index (χ0v) is 49.7. The van der Waals surface area contributed by atoms with Crippen molar-refractivity contribution < 1.29 is 14.2 Å². The summed E-state index contributed by atoms with van der Waals surface area (Å²) in [5.74, 6) is 5.13. The molecule has 0 atom stereocenters. The molecule has 0 heterocycles. The second kappa shape index (κ2) is 28.7. The van der Waals surface area contributed by atoms with Gasteiger partial charge in [-0.1, -0.05) is 178 Å². The van der Waals surface area contributed by atoms with Crippen molar-refractivity contribution in [3.05, 3.63) is 345 Å². The number of ether oxygens (including phenoxy) is 3. The minimum atomic E-state index is -0.138. The van der Waals surface area contributed by atoms with Gasteiger partial charge in [0.2, 0.25) is 0 Å². The fourth-order valence-electron chi connectivity index (χ4n) is 9.02. The lowest BCUT2D eigenvalue weighted by molar-refractivity contribution is 0.481. The molecule has 0 unspecified atom stereocenters. The van der Waals surface area contributed by atoms with Crippen LogP contribution in [0.25, 0.3) is 0 Å². The monoisotopic (exact) mass is 1140 g/mol. The maximum absolute atomic E-state index is 6.10. The molecule has 6 heteroatoms. The van der Waals surface area contributed by atoms with Crippen LogP contribution in [0.1, 0.15) is 31.9 Å². The first-order valence-corrected chi connectivity index (χ1v) is 31.5. The van der Waals surface area contributed by atoms with Crippen LogP contribution in [0, 0.1) is 6.92 Å². The van der Waals surface area contributed by atoms with Crippen LogP contribution in [0.3, 0.4) is 0 Å². The van der Waals surface area contributed by atoms with Crippen LogP contribution in [-0.4, -0.2) is 0 Å². The SMILES string of the molecule is CC(C)(C)c1ccc(Oc2ccc([S+](c3ccccc3)c3ccccc3)cc2)cc1.Cc1ccc(Oc2ccc([S+](c3ccccc3)c3ccccc3)cc2)cc1.c1ccc(Oc2ccc([S+](c3ccccc3)c3ccccc3)cc2)cc1. The van der Waals surface area contributed by atoms with Crippen LogP contribution < -0.4 is 14.2 Å². The van der Waals surface area contributed by atoms with Crippen LogP contribution in [0.2, 0.25) is 0 Å². The summed E-state index contributed by atoms with van der Waals surface area (Å²) in [6, 6.07) is 116. The van der Waals surface area contributed by atoms with Crippen molar-refractivity contribution >= 4 is 32.7 Å². The lowest BCUT2D eigenvalue weighted by atomic mass is 9.87. The second-order valence-corrected chi connectivity index (χ2v) is 26.5. The second-order valence-electron chi connectivity index (χ2n) is 20.4. The molecule has 0 aromatic heterocycles. The summed E-state index contributed by atoms with van der Waals surface area (Å²) in [7, 11) is -0.391. The molecule has 0 aliphatic heterocycles. The van der Waals surface area contributed by atoms with Crippen LogP contribution in [0.5, 0.6) is 34.5 Å². The maximum Gasteiger partial charge on any atom is 0.166 e. The molecule has 0 radical (unpaired) electrons. The summed E-state index contributed by atoms with van der Waals surface area (Å²) < 4.78 is 18.0. The molecule has 0 aliphatic carbocycles. The van der Waals surface area contributed by atoms with Gasteiger partial charge in [-0.15, -0.1) is 0 Å². The molecular formula is C77H67O3S3+3. The molecule has 0 aliphatic rings. The van der Waals surface area contributed by atoms with E-state index in [0.29, 0.717) is 0 Å². The zero-order chi connectivity index (χ0) is 57.1. The predicted octanol–water partition coefficient (Wildman–Crippen LogP) is 21.3. The van der Waals surface area contributed by atoms with E-state index in [-0.39, 0.29) is 38.1 Å². The standard InChI is InChI=1S/C28H27OS.C25H21OS.C24H19OS/c1-28(2,3)22-14-16-23(17-15-22)29-24-18-20-27(21-19-24)30(25-10-6-4-7-11-25)26-12-8-5-9-13-26;1-20-12-14-21(15-13-20)26-22-16-18-25(19-17-22)27(23-8-4-2-5-9-23)24-10-6-3-7-11-24;1-4-10-20(11-5-1)25-21-16-18-24(19-17-21)26(22-12-6-2-7-13-22)23-14-8-3-9-15-23/h4-21H,1-3H3;2-19H,1H3;1-19H/q3*+1. The molecule has 408 valence electrons. The van der Waals surface area contributed by atoms with Crippen LogP contribution in [0.4, 0.5) is 0 Å². The predicted molar refractivity (Wildman–Crippen MR) is 347 cm³/mol. The van der Waals surface area contributed by atoms with Gasteiger partial charge in [-0.25, -0.2) is 0 Å². The van der Waals surface area contributed by atoms with Crippen LogP contribution in [0.15, 0.2) is 378 Å². The van der Waals surface area contributed by atoms with Gasteiger partial charge in [0.05, 0.1) is 32.7 Å². The first kappa shape index (κ1) is 57.3. The average Bonchev–Trinajstić information content (AvgIpc) is 3.64. The van der Waals surface area contributed by atoms with Crippen molar-refractivity contribution in [2.75, 3.05) is 0 Å². The topological polar surface area (TPSA) is 27.7 Å². The molecule has 0 amide bonds. The van der Waals surface area contributed by atoms with Crippen molar-refractivity contribution in [1.29, 1.82) is 0 Å². The van der Waals surface area contributed by atoms with E-state index < -0.39 is 0 Å². The molecule has 0 spiro atoms.